The quantitative estimate of drug-likeness (QED) is 0.523. The fourth-order valence-electron chi connectivity index (χ4n) is 2.59. The van der Waals surface area contributed by atoms with Gasteiger partial charge in [0.1, 0.15) is 0 Å². The van der Waals surface area contributed by atoms with Gasteiger partial charge >= 0.3 is 5.97 Å². The third-order valence-electron chi connectivity index (χ3n) is 3.93. The van der Waals surface area contributed by atoms with Gasteiger partial charge in [0, 0.05) is 4.79 Å². The van der Waals surface area contributed by atoms with Gasteiger partial charge in [-0.15, -0.1) is 0 Å². The summed E-state index contributed by atoms with van der Waals surface area (Å²) in [5, 5.41) is 11.1. The molecule has 4 rings (SSSR count). The second-order valence-electron chi connectivity index (χ2n) is 5.68. The number of halogens is 1. The second-order valence-corrected chi connectivity index (χ2v) is 8.00. The van der Waals surface area contributed by atoms with E-state index in [1.165, 1.54) is 41.3 Å². The molecule has 0 aliphatic heterocycles. The molecule has 4 aromatic rings. The van der Waals surface area contributed by atoms with Gasteiger partial charge in [-0.05, 0) is 24.3 Å². The Labute approximate surface area is 158 Å². The monoisotopic (exact) mass is 403 g/mol. The molecule has 0 spiro atoms. The van der Waals surface area contributed by atoms with Crippen LogP contribution >= 0.6 is 11.6 Å². The molecule has 0 aliphatic carbocycles. The molecule has 0 bridgehead atoms. The number of benzene rings is 2. The Balaban J connectivity index is 1.83. The normalized spacial score (nSPS) is 11.7. The summed E-state index contributed by atoms with van der Waals surface area (Å²) in [7, 11) is -3.80. The van der Waals surface area contributed by atoms with Gasteiger partial charge in [0.05, 0.1) is 38.2 Å². The summed E-state index contributed by atoms with van der Waals surface area (Å²) in [5.74, 6) is -0.598. The highest BCUT2D eigenvalue weighted by molar-refractivity contribution is 7.91. The predicted molar refractivity (Wildman–Crippen MR) is 98.1 cm³/mol. The zero-order chi connectivity index (χ0) is 19.2. The van der Waals surface area contributed by atoms with Crippen LogP contribution in [0.2, 0.25) is 5.02 Å². The van der Waals surface area contributed by atoms with Gasteiger partial charge < -0.3 is 10.1 Å². The lowest BCUT2D eigenvalue weighted by Crippen LogP contribution is -2.02. The summed E-state index contributed by atoms with van der Waals surface area (Å²) < 4.78 is 27.0. The lowest BCUT2D eigenvalue weighted by molar-refractivity contribution is 0.0697. The Morgan fingerprint density at radius 3 is 2.59 bits per heavy atom. The van der Waals surface area contributed by atoms with Crippen LogP contribution in [-0.2, 0) is 9.84 Å². The van der Waals surface area contributed by atoms with E-state index in [4.69, 9.17) is 16.7 Å². The highest BCUT2D eigenvalue weighted by Gasteiger charge is 2.23. The molecule has 0 amide bonds. The highest BCUT2D eigenvalue weighted by atomic mass is 35.5. The number of carbonyl (C=O) groups is 1. The third kappa shape index (κ3) is 2.96. The average Bonchev–Trinajstić information content (AvgIpc) is 3.28. The lowest BCUT2D eigenvalue weighted by atomic mass is 10.3. The van der Waals surface area contributed by atoms with Crippen molar-refractivity contribution in [3.8, 4) is 5.95 Å². The number of fused-ring (bicyclic) bond motifs is 1. The second kappa shape index (κ2) is 6.22. The number of sulfone groups is 1. The van der Waals surface area contributed by atoms with Crippen LogP contribution in [0, 0.1) is 0 Å². The molecule has 3 N–H and O–H groups in total. The number of hydrogen-bond acceptors (Lipinski definition) is 5. The molecule has 8 nitrogen and oxygen atoms in total. The van der Waals surface area contributed by atoms with Gasteiger partial charge in [-0.2, -0.15) is 5.10 Å². The van der Waals surface area contributed by atoms with Gasteiger partial charge in [-0.3, -0.25) is 0 Å². The van der Waals surface area contributed by atoms with Gasteiger partial charge in [0.25, 0.3) is 0 Å². The van der Waals surface area contributed by atoms with E-state index >= 15 is 0 Å². The van der Waals surface area contributed by atoms with Crippen molar-refractivity contribution in [3.05, 3.63) is 65.4 Å². The number of H-pyrrole nitrogens is 1. The Hall–Kier alpha value is -3.17. The van der Waals surface area contributed by atoms with Crippen molar-refractivity contribution in [2.75, 3.05) is 0 Å². The molecule has 2 aromatic carbocycles. The predicted octanol–water partition coefficient (Wildman–Crippen LogP) is 2.10. The number of rotatable bonds is 4. The zero-order valence-corrected chi connectivity index (χ0v) is 15.1. The Morgan fingerprint density at radius 1 is 1.19 bits per heavy atom. The summed E-state index contributed by atoms with van der Waals surface area (Å²) in [6, 6.07) is 10.9. The van der Waals surface area contributed by atoms with Crippen molar-refractivity contribution >= 4 is 38.4 Å². The van der Waals surface area contributed by atoms with Crippen molar-refractivity contribution < 1.29 is 18.3 Å². The molecule has 2 aromatic heterocycles. The van der Waals surface area contributed by atoms with Crippen LogP contribution in [0.5, 0.6) is 0 Å². The Kier molecular flexibility index (Phi) is 3.97. The fraction of sp³-hybridized carbons (Fsp3) is 0. The highest BCUT2D eigenvalue weighted by Crippen LogP contribution is 2.31. The lowest BCUT2D eigenvalue weighted by Gasteiger charge is -2.06. The third-order valence-corrected chi connectivity index (χ3v) is 6.16. The number of aromatic amines is 1. The minimum absolute atomic E-state index is 0.0412. The molecule has 0 radical (unpaired) electrons. The standard InChI is InChI=1S/C17H11ClN4O4S/c18-12-6-13-14(7-15(12)27(25,26)11-4-2-1-3-5-11)21-17(20-13)22-9-10(8-19-22)16(23)24/h1-9H,(H,20,21)(H,23,24)/p+1. The number of nitrogens with zero attached hydrogens (tertiary/aromatic N) is 3. The van der Waals surface area contributed by atoms with Gasteiger partial charge in [0.2, 0.25) is 15.8 Å². The number of nitrogens with one attached hydrogen (secondary N) is 1. The van der Waals surface area contributed by atoms with Crippen LogP contribution in [0.3, 0.4) is 0 Å². The Bertz CT molecular complexity index is 1280. The van der Waals surface area contributed by atoms with Crippen molar-refractivity contribution in [1.29, 1.82) is 0 Å². The van der Waals surface area contributed by atoms with Crippen molar-refractivity contribution in [2.45, 2.75) is 9.79 Å². The maximum atomic E-state index is 12.9. The van der Waals surface area contributed by atoms with E-state index < -0.39 is 15.8 Å². The topological polar surface area (TPSA) is 121 Å². The zero-order valence-electron chi connectivity index (χ0n) is 13.5. The number of carbonyl (C=O) groups excluding carboxylic acids is 1. The summed E-state index contributed by atoms with van der Waals surface area (Å²) in [6.45, 7) is 0. The smallest absolute Gasteiger partial charge is 0.552 e. The fourth-order valence-corrected chi connectivity index (χ4v) is 4.42. The van der Waals surface area contributed by atoms with E-state index in [-0.39, 0.29) is 26.3 Å². The largest absolute Gasteiger partial charge is 0.561 e. The van der Waals surface area contributed by atoms with Crippen LogP contribution in [0.4, 0.5) is 0 Å². The van der Waals surface area contributed by atoms with E-state index in [1.54, 1.807) is 18.2 Å². The molecule has 0 aliphatic rings. The molecule has 0 fully saturated rings. The van der Waals surface area contributed by atoms with Gasteiger partial charge in [-0.25, -0.2) is 18.1 Å². The maximum absolute atomic E-state index is 12.9. The first-order valence-electron chi connectivity index (χ1n) is 7.66. The summed E-state index contributed by atoms with van der Waals surface area (Å²) >= 11 is 6.21. The minimum Gasteiger partial charge on any atom is -0.561 e. The molecule has 0 unspecified atom stereocenters. The van der Waals surface area contributed by atoms with E-state index in [0.717, 1.165) is 0 Å². The summed E-state index contributed by atoms with van der Waals surface area (Å²) in [6.07, 6.45) is 2.61. The van der Waals surface area contributed by atoms with Crippen molar-refractivity contribution in [3.63, 3.8) is 0 Å². The Morgan fingerprint density at radius 2 is 1.93 bits per heavy atom. The van der Waals surface area contributed by atoms with Crippen LogP contribution in [0.1, 0.15) is 10.4 Å². The molecular weight excluding hydrogens is 392 g/mol. The minimum atomic E-state index is -3.80. The molecule has 0 saturated heterocycles. The molecule has 2 heterocycles. The van der Waals surface area contributed by atoms with Crippen LogP contribution in [-0.4, -0.2) is 39.2 Å². The summed E-state index contributed by atoms with van der Waals surface area (Å²) in [5.41, 5.74) is 0.996. The molecule has 0 atom stereocenters. The van der Waals surface area contributed by atoms with Crippen LogP contribution < -0.4 is 0 Å². The summed E-state index contributed by atoms with van der Waals surface area (Å²) in [4.78, 5) is 18.4. The van der Waals surface area contributed by atoms with E-state index in [1.807, 2.05) is 0 Å². The van der Waals surface area contributed by atoms with E-state index in [2.05, 4.69) is 15.1 Å². The SMILES string of the molecule is O=C([OH2+])c1cnn(-c2nc3cc(Cl)c(S(=O)(=O)c4ccccc4)cc3[nH]2)c1. The van der Waals surface area contributed by atoms with Gasteiger partial charge in [-0.1, -0.05) is 29.8 Å². The molecule has 10 heteroatoms. The molecule has 136 valence electrons. The first kappa shape index (κ1) is 17.3. The average molecular weight is 404 g/mol. The van der Waals surface area contributed by atoms with Crippen molar-refractivity contribution in [1.82, 2.24) is 19.7 Å². The molecule has 27 heavy (non-hydrogen) atoms. The molecular formula is C17H12ClN4O4S+. The van der Waals surface area contributed by atoms with Crippen molar-refractivity contribution in [2.24, 2.45) is 0 Å². The molecule has 0 saturated carbocycles. The van der Waals surface area contributed by atoms with E-state index in [0.29, 0.717) is 11.0 Å². The van der Waals surface area contributed by atoms with Crippen LogP contribution in [0.15, 0.2) is 64.6 Å². The number of aromatic nitrogens is 4. The van der Waals surface area contributed by atoms with E-state index in [9.17, 15) is 13.2 Å². The first-order valence-corrected chi connectivity index (χ1v) is 9.53. The number of hydrogen-bond donors (Lipinski definition) is 1. The maximum Gasteiger partial charge on any atom is 0.552 e. The van der Waals surface area contributed by atoms with Crippen LogP contribution in [0.25, 0.3) is 17.0 Å². The number of imidazole rings is 1. The first-order chi connectivity index (χ1) is 12.9. The van der Waals surface area contributed by atoms with Gasteiger partial charge in [0.15, 0.2) is 5.56 Å².